The zero-order valence-electron chi connectivity index (χ0n) is 22.5. The van der Waals surface area contributed by atoms with Crippen LogP contribution in [-0.2, 0) is 38.1 Å². The van der Waals surface area contributed by atoms with Gasteiger partial charge in [-0.15, -0.1) is 0 Å². The van der Waals surface area contributed by atoms with Gasteiger partial charge in [0.25, 0.3) is 5.69 Å². The maximum Gasteiger partial charge on any atom is 0.339 e. The summed E-state index contributed by atoms with van der Waals surface area (Å²) in [7, 11) is 1.18. The predicted octanol–water partition coefficient (Wildman–Crippen LogP) is 3.13. The van der Waals surface area contributed by atoms with E-state index in [1.54, 1.807) is 40.7 Å². The molecule has 0 aromatic heterocycles. The fourth-order valence-corrected chi connectivity index (χ4v) is 3.62. The number of carbonyl (C=O) groups is 3. The molecular weight excluding hydrogens is 500 g/mol. The molecule has 0 amide bonds. The number of dihydropyridines is 1. The van der Waals surface area contributed by atoms with Crippen LogP contribution in [0, 0.1) is 15.5 Å². The van der Waals surface area contributed by atoms with Crippen molar-refractivity contribution in [2.45, 2.75) is 40.5 Å². The Kier molecular flexibility index (Phi) is 11.0. The topological polar surface area (TPSA) is 153 Å². The van der Waals surface area contributed by atoms with Crippen molar-refractivity contribution >= 4 is 23.6 Å². The first-order chi connectivity index (χ1) is 18.0. The van der Waals surface area contributed by atoms with Crippen LogP contribution in [0.5, 0.6) is 0 Å². The molecule has 1 aromatic rings. The molecule has 12 heteroatoms. The second kappa shape index (κ2) is 13.7. The normalized spacial score (nSPS) is 15.6. The molecule has 0 aliphatic carbocycles. The Morgan fingerprint density at radius 2 is 1.55 bits per heavy atom. The molecule has 1 heterocycles. The number of rotatable bonds is 12. The Labute approximate surface area is 221 Å². The van der Waals surface area contributed by atoms with Gasteiger partial charge in [-0.1, -0.05) is 12.1 Å². The first-order valence-corrected chi connectivity index (χ1v) is 12.0. The van der Waals surface area contributed by atoms with E-state index in [4.69, 9.17) is 23.7 Å². The number of nitro groups is 1. The van der Waals surface area contributed by atoms with Gasteiger partial charge < -0.3 is 29.0 Å². The highest BCUT2D eigenvalue weighted by atomic mass is 16.7. The van der Waals surface area contributed by atoms with Crippen LogP contribution >= 0.6 is 0 Å². The molecule has 1 aliphatic heterocycles. The van der Waals surface area contributed by atoms with Crippen LogP contribution in [0.1, 0.15) is 46.1 Å². The molecular formula is C26H34N2O10. The van der Waals surface area contributed by atoms with Crippen LogP contribution in [0.4, 0.5) is 5.69 Å². The van der Waals surface area contributed by atoms with E-state index in [0.29, 0.717) is 18.9 Å². The molecule has 12 nitrogen and oxygen atoms in total. The summed E-state index contributed by atoms with van der Waals surface area (Å²) in [6.07, 6.45) is 0. The number of methoxy groups -OCH3 is 1. The molecule has 0 radical (unpaired) electrons. The Balaban J connectivity index is 2.67. The van der Waals surface area contributed by atoms with E-state index in [1.807, 2.05) is 0 Å². The highest BCUT2D eigenvalue weighted by molar-refractivity contribution is 6.00. The molecule has 1 N–H and O–H groups in total. The summed E-state index contributed by atoms with van der Waals surface area (Å²) in [4.78, 5) is 49.6. The molecule has 0 bridgehead atoms. The Hall–Kier alpha value is -3.77. The van der Waals surface area contributed by atoms with E-state index < -0.39 is 41.0 Å². The first kappa shape index (κ1) is 30.5. The molecule has 0 spiro atoms. The summed E-state index contributed by atoms with van der Waals surface area (Å²) in [6.45, 7) is 8.35. The van der Waals surface area contributed by atoms with Gasteiger partial charge >= 0.3 is 17.9 Å². The maximum atomic E-state index is 13.5. The van der Waals surface area contributed by atoms with Crippen molar-refractivity contribution < 1.29 is 43.0 Å². The number of benzene rings is 1. The van der Waals surface area contributed by atoms with Crippen molar-refractivity contribution in [2.24, 2.45) is 5.41 Å². The lowest BCUT2D eigenvalue weighted by molar-refractivity contribution is -0.384. The van der Waals surface area contributed by atoms with Crippen molar-refractivity contribution in [2.75, 3.05) is 40.3 Å². The predicted molar refractivity (Wildman–Crippen MR) is 135 cm³/mol. The van der Waals surface area contributed by atoms with Crippen molar-refractivity contribution in [3.05, 3.63) is 62.5 Å². The summed E-state index contributed by atoms with van der Waals surface area (Å²) in [5.74, 6) is -3.41. The molecule has 0 saturated carbocycles. The van der Waals surface area contributed by atoms with Gasteiger partial charge in [0.2, 0.25) is 6.79 Å². The Morgan fingerprint density at radius 3 is 2.05 bits per heavy atom. The number of esters is 3. The minimum atomic E-state index is -1.14. The van der Waals surface area contributed by atoms with Crippen molar-refractivity contribution in [3.8, 4) is 0 Å². The van der Waals surface area contributed by atoms with Crippen molar-refractivity contribution in [1.29, 1.82) is 0 Å². The van der Waals surface area contributed by atoms with Crippen LogP contribution in [0.2, 0.25) is 0 Å². The highest BCUT2D eigenvalue weighted by Gasteiger charge is 2.40. The lowest BCUT2D eigenvalue weighted by atomic mass is 9.80. The van der Waals surface area contributed by atoms with Gasteiger partial charge in [-0.25, -0.2) is 9.59 Å². The molecule has 208 valence electrons. The molecule has 1 aromatic carbocycles. The number of nitro benzene ring substituents is 1. The fraction of sp³-hybridized carbons (Fsp3) is 0.500. The molecule has 1 atom stereocenters. The SMILES string of the molecule is CCOCC1=C(C(=O)OC)C(c2cccc([N+](=O)[O-])c2)C(C(=O)OCOC(=O)C(C)(C)C)=C(COCC)N1. The highest BCUT2D eigenvalue weighted by Crippen LogP contribution is 2.40. The van der Waals surface area contributed by atoms with Gasteiger partial charge in [-0.2, -0.15) is 0 Å². The molecule has 2 rings (SSSR count). The zero-order chi connectivity index (χ0) is 28.5. The lowest BCUT2D eigenvalue weighted by Gasteiger charge is -2.32. The van der Waals surface area contributed by atoms with Crippen LogP contribution in [0.3, 0.4) is 0 Å². The van der Waals surface area contributed by atoms with Gasteiger partial charge in [-0.05, 0) is 40.2 Å². The summed E-state index contributed by atoms with van der Waals surface area (Å²) in [5, 5.41) is 14.6. The number of nitrogens with zero attached hydrogens (tertiary/aromatic N) is 1. The van der Waals surface area contributed by atoms with Gasteiger partial charge in [0, 0.05) is 25.3 Å². The van der Waals surface area contributed by atoms with Crippen molar-refractivity contribution in [3.63, 3.8) is 0 Å². The quantitative estimate of drug-likeness (QED) is 0.182. The second-order valence-electron chi connectivity index (χ2n) is 9.19. The average molecular weight is 535 g/mol. The number of ether oxygens (including phenoxy) is 5. The van der Waals surface area contributed by atoms with Gasteiger partial charge in [0.1, 0.15) is 0 Å². The van der Waals surface area contributed by atoms with Crippen molar-refractivity contribution in [1.82, 2.24) is 5.32 Å². The summed E-state index contributed by atoms with van der Waals surface area (Å²) >= 11 is 0. The van der Waals surface area contributed by atoms with Crippen LogP contribution in [0.25, 0.3) is 0 Å². The number of hydrogen-bond acceptors (Lipinski definition) is 11. The first-order valence-electron chi connectivity index (χ1n) is 12.0. The van der Waals surface area contributed by atoms with E-state index in [9.17, 15) is 24.5 Å². The Morgan fingerprint density at radius 1 is 0.974 bits per heavy atom. The monoisotopic (exact) mass is 534 g/mol. The van der Waals surface area contributed by atoms with Crippen LogP contribution in [0.15, 0.2) is 46.8 Å². The number of nitrogens with one attached hydrogen (secondary N) is 1. The second-order valence-corrected chi connectivity index (χ2v) is 9.19. The van der Waals surface area contributed by atoms with E-state index >= 15 is 0 Å². The third-order valence-corrected chi connectivity index (χ3v) is 5.46. The fourth-order valence-electron chi connectivity index (χ4n) is 3.62. The maximum absolute atomic E-state index is 13.5. The summed E-state index contributed by atoms with van der Waals surface area (Å²) in [6, 6.07) is 5.56. The summed E-state index contributed by atoms with van der Waals surface area (Å²) < 4.78 is 26.5. The van der Waals surface area contributed by atoms with Crippen LogP contribution in [-0.4, -0.2) is 63.2 Å². The van der Waals surface area contributed by atoms with E-state index in [1.165, 1.54) is 25.3 Å². The van der Waals surface area contributed by atoms with Gasteiger partial charge in [0.15, 0.2) is 0 Å². The Bertz CT molecular complexity index is 1120. The van der Waals surface area contributed by atoms with Gasteiger partial charge in [0.05, 0.1) is 59.1 Å². The van der Waals surface area contributed by atoms with Gasteiger partial charge in [-0.3, -0.25) is 14.9 Å². The molecule has 1 unspecified atom stereocenters. The number of non-ortho nitro benzene ring substituents is 1. The largest absolute Gasteiger partial charge is 0.466 e. The lowest BCUT2D eigenvalue weighted by Crippen LogP contribution is -2.37. The zero-order valence-corrected chi connectivity index (χ0v) is 22.5. The standard InChI is InChI=1S/C26H34N2O10/c1-7-35-13-18-21(23(29)34-6)20(16-10-9-11-17(12-16)28(32)33)22(19(27-18)14-36-8-2)24(30)37-15-38-25(31)26(3,4)5/h9-12,20,27H,7-8,13-15H2,1-6H3. The third-order valence-electron chi connectivity index (χ3n) is 5.46. The van der Waals surface area contributed by atoms with E-state index in [0.717, 1.165) is 0 Å². The smallest absolute Gasteiger partial charge is 0.339 e. The molecule has 38 heavy (non-hydrogen) atoms. The minimum Gasteiger partial charge on any atom is -0.466 e. The number of hydrogen-bond donors (Lipinski definition) is 1. The minimum absolute atomic E-state index is 0.0142. The third kappa shape index (κ3) is 7.62. The molecule has 0 fully saturated rings. The van der Waals surface area contributed by atoms with E-state index in [-0.39, 0.29) is 41.3 Å². The molecule has 0 saturated heterocycles. The summed E-state index contributed by atoms with van der Waals surface area (Å²) in [5.41, 5.74) is -0.263. The average Bonchev–Trinajstić information content (AvgIpc) is 2.88. The molecule has 1 aliphatic rings. The van der Waals surface area contributed by atoms with Crippen LogP contribution < -0.4 is 5.32 Å². The number of carbonyl (C=O) groups excluding carboxylic acids is 3. The van der Waals surface area contributed by atoms with E-state index in [2.05, 4.69) is 5.32 Å².